The third-order valence-corrected chi connectivity index (χ3v) is 4.54. The van der Waals surface area contributed by atoms with Gasteiger partial charge in [0, 0.05) is 12.6 Å². The molecule has 0 radical (unpaired) electrons. The lowest BCUT2D eigenvalue weighted by molar-refractivity contribution is -0.141. The first-order valence-corrected chi connectivity index (χ1v) is 9.00. The molecule has 1 heterocycles. The van der Waals surface area contributed by atoms with Crippen molar-refractivity contribution in [3.63, 3.8) is 0 Å². The first kappa shape index (κ1) is 21.9. The highest BCUT2D eigenvalue weighted by Crippen LogP contribution is 2.22. The second-order valence-electron chi connectivity index (χ2n) is 6.51. The smallest absolute Gasteiger partial charge is 0.339 e. The lowest BCUT2D eigenvalue weighted by atomic mass is 10.0. The van der Waals surface area contributed by atoms with Gasteiger partial charge in [0.05, 0.1) is 44.4 Å². The molecule has 1 aromatic carbocycles. The van der Waals surface area contributed by atoms with E-state index in [0.717, 1.165) is 5.56 Å². The van der Waals surface area contributed by atoms with Gasteiger partial charge in [0.2, 0.25) is 5.91 Å². The molecule has 1 amide bonds. The van der Waals surface area contributed by atoms with Crippen LogP contribution in [0.1, 0.15) is 57.1 Å². The van der Waals surface area contributed by atoms with Crippen LogP contribution in [0.3, 0.4) is 0 Å². The number of benzene rings is 1. The average molecular weight is 400 g/mol. The average Bonchev–Trinajstić information content (AvgIpc) is 3.03. The summed E-state index contributed by atoms with van der Waals surface area (Å²) in [5, 5.41) is 2.79. The zero-order valence-electron chi connectivity index (χ0n) is 16.8. The summed E-state index contributed by atoms with van der Waals surface area (Å²) in [6.45, 7) is 2.98. The third-order valence-electron chi connectivity index (χ3n) is 4.54. The van der Waals surface area contributed by atoms with Gasteiger partial charge in [-0.3, -0.25) is 14.4 Å². The van der Waals surface area contributed by atoms with Crippen molar-refractivity contribution in [2.75, 3.05) is 14.2 Å². The number of Topliss-reactive ketones (excluding diaryl/α,β-unsaturated/α-hetero) is 1. The van der Waals surface area contributed by atoms with Gasteiger partial charge in [-0.15, -0.1) is 0 Å². The van der Waals surface area contributed by atoms with Crippen molar-refractivity contribution >= 4 is 23.6 Å². The van der Waals surface area contributed by atoms with Crippen LogP contribution < -0.4 is 5.32 Å². The second-order valence-corrected chi connectivity index (χ2v) is 6.51. The minimum Gasteiger partial charge on any atom is -0.469 e. The van der Waals surface area contributed by atoms with Gasteiger partial charge in [0.25, 0.3) is 0 Å². The molecule has 1 aromatic heterocycles. The predicted molar refractivity (Wildman–Crippen MR) is 105 cm³/mol. The van der Waals surface area contributed by atoms with E-state index in [2.05, 4.69) is 10.3 Å². The van der Waals surface area contributed by atoms with Crippen molar-refractivity contribution < 1.29 is 28.7 Å². The van der Waals surface area contributed by atoms with Gasteiger partial charge in [-0.05, 0) is 18.1 Å². The number of ketones is 1. The Bertz CT molecular complexity index is 917. The van der Waals surface area contributed by atoms with Crippen molar-refractivity contribution in [1.82, 2.24) is 10.3 Å². The summed E-state index contributed by atoms with van der Waals surface area (Å²) in [4.78, 5) is 51.3. The summed E-state index contributed by atoms with van der Waals surface area (Å²) >= 11 is 0. The molecular formula is C21H24N2O6. The standard InChI is InChI=1S/C21H24N2O6/c1-12-19(21(27)29-4)16(23-20(12)13(2)24)10-17(25)22-15(11-18(26)28-3)14-8-6-5-7-9-14/h5-9,15,23H,10-11H2,1-4H3,(H,22,25)/t15-/m0/s1. The van der Waals surface area contributed by atoms with Gasteiger partial charge < -0.3 is 19.8 Å². The number of rotatable bonds is 8. The summed E-state index contributed by atoms with van der Waals surface area (Å²) in [7, 11) is 2.51. The van der Waals surface area contributed by atoms with Crippen molar-refractivity contribution in [2.24, 2.45) is 0 Å². The number of nitrogens with one attached hydrogen (secondary N) is 2. The number of ether oxygens (including phenoxy) is 2. The molecule has 0 bridgehead atoms. The largest absolute Gasteiger partial charge is 0.469 e. The molecule has 2 rings (SSSR count). The van der Waals surface area contributed by atoms with E-state index in [1.165, 1.54) is 21.1 Å². The Morgan fingerprint density at radius 1 is 1.07 bits per heavy atom. The van der Waals surface area contributed by atoms with E-state index < -0.39 is 23.9 Å². The number of H-pyrrole nitrogens is 1. The molecule has 0 fully saturated rings. The van der Waals surface area contributed by atoms with Gasteiger partial charge in [0.15, 0.2) is 5.78 Å². The molecule has 0 saturated carbocycles. The Balaban J connectivity index is 2.28. The maximum Gasteiger partial charge on any atom is 0.339 e. The van der Waals surface area contributed by atoms with E-state index in [1.807, 2.05) is 6.07 Å². The first-order chi connectivity index (χ1) is 13.8. The van der Waals surface area contributed by atoms with Crippen LogP contribution in [-0.4, -0.2) is 42.8 Å². The molecule has 29 heavy (non-hydrogen) atoms. The zero-order chi connectivity index (χ0) is 21.6. The number of methoxy groups -OCH3 is 2. The van der Waals surface area contributed by atoms with Gasteiger partial charge >= 0.3 is 11.9 Å². The Morgan fingerprint density at radius 3 is 2.28 bits per heavy atom. The molecule has 8 heteroatoms. The minimum atomic E-state index is -0.636. The van der Waals surface area contributed by atoms with E-state index in [4.69, 9.17) is 9.47 Å². The Labute approximate surface area is 168 Å². The molecule has 0 spiro atoms. The Kier molecular flexibility index (Phi) is 7.30. The number of aromatic amines is 1. The first-order valence-electron chi connectivity index (χ1n) is 9.00. The van der Waals surface area contributed by atoms with Crippen molar-refractivity contribution in [2.45, 2.75) is 32.7 Å². The highest BCUT2D eigenvalue weighted by molar-refractivity contribution is 6.01. The van der Waals surface area contributed by atoms with Crippen LogP contribution in [0.5, 0.6) is 0 Å². The van der Waals surface area contributed by atoms with Crippen LogP contribution in [0.2, 0.25) is 0 Å². The molecule has 154 valence electrons. The number of aromatic nitrogens is 1. The normalized spacial score (nSPS) is 11.4. The third kappa shape index (κ3) is 5.31. The minimum absolute atomic E-state index is 0.0431. The Hall–Kier alpha value is -3.42. The lowest BCUT2D eigenvalue weighted by Crippen LogP contribution is -2.32. The van der Waals surface area contributed by atoms with Crippen LogP contribution in [0, 0.1) is 6.92 Å². The highest BCUT2D eigenvalue weighted by atomic mass is 16.5. The molecule has 2 N–H and O–H groups in total. The number of carbonyl (C=O) groups is 4. The molecule has 0 saturated heterocycles. The van der Waals surface area contributed by atoms with Crippen LogP contribution >= 0.6 is 0 Å². The molecule has 2 aromatic rings. The fraction of sp³-hybridized carbons (Fsp3) is 0.333. The molecule has 0 aliphatic heterocycles. The second kappa shape index (κ2) is 9.68. The molecule has 1 atom stereocenters. The molecule has 0 aliphatic rings. The predicted octanol–water partition coefficient (Wildman–Crippen LogP) is 2.28. The molecule has 8 nitrogen and oxygen atoms in total. The van der Waals surface area contributed by atoms with Crippen LogP contribution in [0.4, 0.5) is 0 Å². The SMILES string of the molecule is COC(=O)C[C@H](NC(=O)Cc1[nH]c(C(C)=O)c(C)c1C(=O)OC)c1ccccc1. The lowest BCUT2D eigenvalue weighted by Gasteiger charge is -2.18. The van der Waals surface area contributed by atoms with Crippen LogP contribution in [0.25, 0.3) is 0 Å². The van der Waals surface area contributed by atoms with Crippen LogP contribution in [0.15, 0.2) is 30.3 Å². The summed E-state index contributed by atoms with van der Waals surface area (Å²) in [5.74, 6) is -1.79. The molecular weight excluding hydrogens is 376 g/mol. The highest BCUT2D eigenvalue weighted by Gasteiger charge is 2.26. The van der Waals surface area contributed by atoms with Crippen molar-refractivity contribution in [1.29, 1.82) is 0 Å². The van der Waals surface area contributed by atoms with Crippen LogP contribution in [-0.2, 0) is 25.5 Å². The summed E-state index contributed by atoms with van der Waals surface area (Å²) < 4.78 is 9.50. The van der Waals surface area contributed by atoms with Gasteiger partial charge in [-0.2, -0.15) is 0 Å². The fourth-order valence-electron chi connectivity index (χ4n) is 3.11. The van der Waals surface area contributed by atoms with Crippen molar-refractivity contribution in [3.05, 3.63) is 58.4 Å². The Morgan fingerprint density at radius 2 is 1.72 bits per heavy atom. The van der Waals surface area contributed by atoms with E-state index in [-0.39, 0.29) is 35.6 Å². The van der Waals surface area contributed by atoms with E-state index in [9.17, 15) is 19.2 Å². The van der Waals surface area contributed by atoms with E-state index in [0.29, 0.717) is 5.56 Å². The van der Waals surface area contributed by atoms with E-state index >= 15 is 0 Å². The van der Waals surface area contributed by atoms with Gasteiger partial charge in [-0.25, -0.2) is 4.79 Å². The summed E-state index contributed by atoms with van der Waals surface area (Å²) in [5.41, 5.74) is 1.87. The number of esters is 2. The molecule has 0 unspecified atom stereocenters. The van der Waals surface area contributed by atoms with E-state index in [1.54, 1.807) is 31.2 Å². The fourth-order valence-corrected chi connectivity index (χ4v) is 3.11. The van der Waals surface area contributed by atoms with Gasteiger partial charge in [0.1, 0.15) is 0 Å². The maximum atomic E-state index is 12.7. The zero-order valence-corrected chi connectivity index (χ0v) is 16.8. The number of carbonyl (C=O) groups excluding carboxylic acids is 4. The number of hydrogen-bond donors (Lipinski definition) is 2. The maximum absolute atomic E-state index is 12.7. The molecule has 0 aliphatic carbocycles. The quantitative estimate of drug-likeness (QED) is 0.519. The summed E-state index contributed by atoms with van der Waals surface area (Å²) in [6, 6.07) is 8.42. The van der Waals surface area contributed by atoms with Crippen molar-refractivity contribution in [3.8, 4) is 0 Å². The number of hydrogen-bond acceptors (Lipinski definition) is 6. The van der Waals surface area contributed by atoms with Gasteiger partial charge in [-0.1, -0.05) is 30.3 Å². The topological polar surface area (TPSA) is 115 Å². The summed E-state index contributed by atoms with van der Waals surface area (Å²) in [6.07, 6.45) is -0.235. The number of amides is 1. The monoisotopic (exact) mass is 400 g/mol.